The SMILES string of the molecule is Cc1ccc(-c2cc3c(ccc4c3sc3c5ccc6sc(-c7ccc(C)cc7)cc6c5sc43)s2)cc1.Cc1ccc(-c2cc3ccc4c(sc5c6ccc7cc(-c8ccc(C)cc8)sc7c6sc45)c3s2)cc1. The van der Waals surface area contributed by atoms with Crippen LogP contribution in [-0.2, 0) is 0 Å². The van der Waals surface area contributed by atoms with E-state index in [1.54, 1.807) is 0 Å². The first kappa shape index (κ1) is 43.5. The van der Waals surface area contributed by atoms with Crippen molar-refractivity contribution in [2.75, 3.05) is 0 Å². The third kappa shape index (κ3) is 7.03. The molecule has 0 saturated heterocycles. The number of rotatable bonds is 4. The van der Waals surface area contributed by atoms with E-state index < -0.39 is 0 Å². The molecule has 344 valence electrons. The largest absolute Gasteiger partial charge is 0.135 e. The van der Waals surface area contributed by atoms with Gasteiger partial charge in [-0.15, -0.1) is 90.7 Å². The lowest BCUT2D eigenvalue weighted by molar-refractivity contribution is 1.48. The van der Waals surface area contributed by atoms with Gasteiger partial charge in [0.2, 0.25) is 0 Å². The van der Waals surface area contributed by atoms with Crippen molar-refractivity contribution in [1.29, 1.82) is 0 Å². The molecule has 0 N–H and O–H groups in total. The summed E-state index contributed by atoms with van der Waals surface area (Å²) in [4.78, 5) is 5.40. The summed E-state index contributed by atoms with van der Waals surface area (Å²) in [6.45, 7) is 8.59. The summed E-state index contributed by atoms with van der Waals surface area (Å²) < 4.78 is 17.1. The summed E-state index contributed by atoms with van der Waals surface area (Å²) >= 11 is 15.6. The molecule has 0 unspecified atom stereocenters. The lowest BCUT2D eigenvalue weighted by Crippen LogP contribution is -1.73. The van der Waals surface area contributed by atoms with Crippen molar-refractivity contribution in [3.63, 3.8) is 0 Å². The third-order valence-electron chi connectivity index (χ3n) is 14.1. The molecule has 0 fully saturated rings. The third-order valence-corrected chi connectivity index (χ3v) is 24.4. The summed E-state index contributed by atoms with van der Waals surface area (Å²) in [6.07, 6.45) is 0. The smallest absolute Gasteiger partial charge is 0.0543 e. The second-order valence-corrected chi connectivity index (χ2v) is 27.4. The van der Waals surface area contributed by atoms with Crippen molar-refractivity contribution < 1.29 is 0 Å². The first-order valence-electron chi connectivity index (χ1n) is 24.0. The average Bonchev–Trinajstić information content (AvgIpc) is 4.26. The van der Waals surface area contributed by atoms with Crippen LogP contribution in [0.3, 0.4) is 0 Å². The van der Waals surface area contributed by atoms with Gasteiger partial charge in [-0.25, -0.2) is 0 Å². The van der Waals surface area contributed by atoms with Gasteiger partial charge in [-0.2, -0.15) is 0 Å². The lowest BCUT2D eigenvalue weighted by Gasteiger charge is -1.97. The quantitative estimate of drug-likeness (QED) is 0.165. The summed E-state index contributed by atoms with van der Waals surface area (Å²) in [7, 11) is 0. The van der Waals surface area contributed by atoms with E-state index in [4.69, 9.17) is 0 Å². The van der Waals surface area contributed by atoms with Crippen molar-refractivity contribution in [3.05, 3.63) is 192 Å². The van der Waals surface area contributed by atoms with Gasteiger partial charge in [0.25, 0.3) is 0 Å². The summed E-state index contributed by atoms with van der Waals surface area (Å²) in [5.41, 5.74) is 10.5. The molecule has 0 aliphatic carbocycles. The van der Waals surface area contributed by atoms with Crippen LogP contribution in [0.4, 0.5) is 0 Å². The molecule has 0 spiro atoms. The van der Waals surface area contributed by atoms with Crippen LogP contribution in [-0.4, -0.2) is 0 Å². The van der Waals surface area contributed by atoms with Crippen molar-refractivity contribution >= 4 is 190 Å². The Morgan fingerprint density at radius 1 is 0.208 bits per heavy atom. The molecule has 0 bridgehead atoms. The monoisotopic (exact) mass is 1060 g/mol. The highest BCUT2D eigenvalue weighted by Gasteiger charge is 2.21. The van der Waals surface area contributed by atoms with E-state index in [1.165, 1.54) is 164 Å². The molecule has 16 aromatic rings. The molecule has 0 aliphatic rings. The van der Waals surface area contributed by atoms with Crippen molar-refractivity contribution in [2.24, 2.45) is 0 Å². The highest BCUT2D eigenvalue weighted by molar-refractivity contribution is 7.40. The van der Waals surface area contributed by atoms with Gasteiger partial charge in [0.05, 0.1) is 37.6 Å². The number of hydrogen-bond donors (Lipinski definition) is 0. The number of benzene rings is 8. The molecule has 0 nitrogen and oxygen atoms in total. The van der Waals surface area contributed by atoms with Gasteiger partial charge in [0.15, 0.2) is 0 Å². The average molecular weight is 1070 g/mol. The van der Waals surface area contributed by atoms with Gasteiger partial charge in [-0.3, -0.25) is 0 Å². The molecule has 72 heavy (non-hydrogen) atoms. The first-order chi connectivity index (χ1) is 35.2. The Hall–Kier alpha value is -6.04. The van der Waals surface area contributed by atoms with E-state index in [1.807, 2.05) is 90.7 Å². The number of thiophene rings is 8. The standard InChI is InChI=1S/2C32H20S4/c1-17-3-7-19(8-4-17)27-15-23-25(33-27)13-11-21-29(23)35-32-22-12-14-26-24(30(22)36-31(21)32)16-28(34-26)20-9-5-18(2)6-10-20;1-17-3-7-19(8-4-17)25-15-21-11-13-23-29(27(21)33-25)35-32-24-14-12-22-16-26(20-9-5-18(2)6-10-20)34-28(22)30(24)36-31(23)32/h2*3-16H,1-2H3. The molecule has 8 heterocycles. The van der Waals surface area contributed by atoms with Crippen LogP contribution in [0.2, 0.25) is 0 Å². The fraction of sp³-hybridized carbons (Fsp3) is 0.0625. The van der Waals surface area contributed by atoms with Crippen LogP contribution >= 0.6 is 90.7 Å². The topological polar surface area (TPSA) is 0 Å². The maximum atomic E-state index is 2.40. The van der Waals surface area contributed by atoms with E-state index >= 15 is 0 Å². The minimum atomic E-state index is 1.30. The molecule has 0 saturated carbocycles. The predicted octanol–water partition coefficient (Wildman–Crippen LogP) is 23.3. The summed E-state index contributed by atoms with van der Waals surface area (Å²) in [5, 5.41) is 11.1. The van der Waals surface area contributed by atoms with Crippen LogP contribution in [0, 0.1) is 27.7 Å². The first-order valence-corrected chi connectivity index (χ1v) is 30.5. The van der Waals surface area contributed by atoms with E-state index in [2.05, 4.69) is 198 Å². The maximum Gasteiger partial charge on any atom is 0.0543 e. The van der Waals surface area contributed by atoms with Crippen LogP contribution in [0.1, 0.15) is 22.3 Å². The van der Waals surface area contributed by atoms with Gasteiger partial charge in [0, 0.05) is 70.6 Å². The van der Waals surface area contributed by atoms with Crippen molar-refractivity contribution in [1.82, 2.24) is 0 Å². The maximum absolute atomic E-state index is 2.40. The molecule has 0 aliphatic heterocycles. The van der Waals surface area contributed by atoms with Gasteiger partial charge in [-0.05, 0) is 97.1 Å². The number of hydrogen-bond acceptors (Lipinski definition) is 8. The predicted molar refractivity (Wildman–Crippen MR) is 332 cm³/mol. The highest BCUT2D eigenvalue weighted by atomic mass is 32.1. The molecule has 0 radical (unpaired) electrons. The number of fused-ring (bicyclic) bond motifs is 18. The zero-order chi connectivity index (χ0) is 47.9. The molecular formula is C64H40S8. The van der Waals surface area contributed by atoms with Gasteiger partial charge in [0.1, 0.15) is 0 Å². The zero-order valence-electron chi connectivity index (χ0n) is 39.4. The molecule has 16 rings (SSSR count). The lowest BCUT2D eigenvalue weighted by atomic mass is 10.1. The van der Waals surface area contributed by atoms with E-state index in [0.717, 1.165) is 0 Å². The van der Waals surface area contributed by atoms with E-state index in [9.17, 15) is 0 Å². The molecule has 8 heteroatoms. The second kappa shape index (κ2) is 16.7. The van der Waals surface area contributed by atoms with Crippen LogP contribution in [0.15, 0.2) is 170 Å². The molecule has 0 amide bonds. The zero-order valence-corrected chi connectivity index (χ0v) is 46.0. The second-order valence-electron chi connectivity index (χ2n) is 19.1. The van der Waals surface area contributed by atoms with Gasteiger partial charge >= 0.3 is 0 Å². The fourth-order valence-electron chi connectivity index (χ4n) is 10.2. The summed E-state index contributed by atoms with van der Waals surface area (Å²) in [6, 6.07) is 63.8. The molecular weight excluding hydrogens is 1030 g/mol. The Kier molecular flexibility index (Phi) is 10.1. The Balaban J connectivity index is 0.000000128. The van der Waals surface area contributed by atoms with Crippen LogP contribution in [0.25, 0.3) is 141 Å². The number of aryl methyl sites for hydroxylation is 4. The Morgan fingerprint density at radius 3 is 0.833 bits per heavy atom. The summed E-state index contributed by atoms with van der Waals surface area (Å²) in [5.74, 6) is 0. The van der Waals surface area contributed by atoms with E-state index in [0.29, 0.717) is 0 Å². The Labute approximate surface area is 447 Å². The van der Waals surface area contributed by atoms with Crippen LogP contribution < -0.4 is 0 Å². The van der Waals surface area contributed by atoms with Crippen LogP contribution in [0.5, 0.6) is 0 Å². The Bertz CT molecular complexity index is 4180. The molecule has 8 aromatic heterocycles. The van der Waals surface area contributed by atoms with Crippen molar-refractivity contribution in [3.8, 4) is 41.8 Å². The Morgan fingerprint density at radius 2 is 0.486 bits per heavy atom. The molecule has 0 atom stereocenters. The van der Waals surface area contributed by atoms with Gasteiger partial charge < -0.3 is 0 Å². The van der Waals surface area contributed by atoms with E-state index in [-0.39, 0.29) is 0 Å². The fourth-order valence-corrected chi connectivity index (χ4v) is 20.8. The van der Waals surface area contributed by atoms with Gasteiger partial charge in [-0.1, -0.05) is 156 Å². The minimum absolute atomic E-state index is 1.30. The minimum Gasteiger partial charge on any atom is -0.135 e. The molecule has 8 aromatic carbocycles. The normalized spacial score (nSPS) is 12.2. The highest BCUT2D eigenvalue weighted by Crippen LogP contribution is 2.53. The van der Waals surface area contributed by atoms with Crippen molar-refractivity contribution in [2.45, 2.75) is 27.7 Å².